The molecule has 9 rings (SSSR count). The van der Waals surface area contributed by atoms with E-state index in [0.29, 0.717) is 0 Å². The summed E-state index contributed by atoms with van der Waals surface area (Å²) in [4.78, 5) is 2.35. The predicted octanol–water partition coefficient (Wildman–Crippen LogP) is 13.1. The largest absolute Gasteiger partial charge is 0.310 e. The molecule has 2 aromatic heterocycles. The molecule has 0 aliphatic rings. The summed E-state index contributed by atoms with van der Waals surface area (Å²) in [6.45, 7) is 0. The van der Waals surface area contributed by atoms with Gasteiger partial charge in [0.05, 0.1) is 11.0 Å². The average molecular weight is 672 g/mol. The van der Waals surface area contributed by atoms with Crippen LogP contribution in [0.3, 0.4) is 0 Å². The van der Waals surface area contributed by atoms with E-state index in [-0.39, 0.29) is 0 Å². The first-order chi connectivity index (χ1) is 22.7. The Hall–Kier alpha value is -5.16. The van der Waals surface area contributed by atoms with Crippen LogP contribution in [-0.4, -0.2) is 4.57 Å². The van der Waals surface area contributed by atoms with Crippen molar-refractivity contribution in [3.63, 3.8) is 0 Å². The lowest BCUT2D eigenvalue weighted by atomic mass is 10.0. The van der Waals surface area contributed by atoms with E-state index in [1.165, 1.54) is 53.1 Å². The van der Waals surface area contributed by atoms with Crippen molar-refractivity contribution in [3.8, 4) is 16.8 Å². The Morgan fingerprint density at radius 3 is 1.98 bits per heavy atom. The zero-order valence-electron chi connectivity index (χ0n) is 24.8. The summed E-state index contributed by atoms with van der Waals surface area (Å²) in [5.74, 6) is 0. The number of aromatic nitrogens is 1. The van der Waals surface area contributed by atoms with Crippen molar-refractivity contribution in [3.05, 3.63) is 168 Å². The van der Waals surface area contributed by atoms with E-state index < -0.39 is 0 Å². The molecule has 218 valence electrons. The van der Waals surface area contributed by atoms with Crippen LogP contribution in [0.2, 0.25) is 0 Å². The van der Waals surface area contributed by atoms with E-state index in [1.54, 1.807) is 0 Å². The third-order valence-corrected chi connectivity index (χ3v) is 10.5. The van der Waals surface area contributed by atoms with Gasteiger partial charge in [0, 0.05) is 58.2 Å². The van der Waals surface area contributed by atoms with Crippen LogP contribution in [0, 0.1) is 0 Å². The molecular formula is C42H27BrN2S. The highest BCUT2D eigenvalue weighted by molar-refractivity contribution is 9.10. The van der Waals surface area contributed by atoms with Crippen LogP contribution in [0.15, 0.2) is 168 Å². The molecule has 0 N–H and O–H groups in total. The second-order valence-electron chi connectivity index (χ2n) is 11.5. The highest BCUT2D eigenvalue weighted by Crippen LogP contribution is 2.45. The monoisotopic (exact) mass is 670 g/mol. The van der Waals surface area contributed by atoms with Gasteiger partial charge in [0.15, 0.2) is 0 Å². The van der Waals surface area contributed by atoms with Crippen LogP contribution in [0.5, 0.6) is 0 Å². The van der Waals surface area contributed by atoms with Gasteiger partial charge in [0.25, 0.3) is 0 Å². The molecule has 4 heteroatoms. The van der Waals surface area contributed by atoms with Crippen LogP contribution < -0.4 is 4.90 Å². The van der Waals surface area contributed by atoms with Gasteiger partial charge in [-0.05, 0) is 83.9 Å². The Bertz CT molecular complexity index is 2530. The summed E-state index contributed by atoms with van der Waals surface area (Å²) in [5, 5.41) is 5.22. The van der Waals surface area contributed by atoms with Crippen LogP contribution in [-0.2, 0) is 0 Å². The van der Waals surface area contributed by atoms with E-state index in [2.05, 4.69) is 189 Å². The van der Waals surface area contributed by atoms with Gasteiger partial charge in [0.1, 0.15) is 0 Å². The maximum Gasteiger partial charge on any atom is 0.0562 e. The first-order valence-corrected chi connectivity index (χ1v) is 17.0. The highest BCUT2D eigenvalue weighted by atomic mass is 79.9. The predicted molar refractivity (Wildman–Crippen MR) is 201 cm³/mol. The van der Waals surface area contributed by atoms with Crippen molar-refractivity contribution in [2.75, 3.05) is 4.90 Å². The molecule has 0 saturated carbocycles. The van der Waals surface area contributed by atoms with Gasteiger partial charge in [0.2, 0.25) is 0 Å². The van der Waals surface area contributed by atoms with Crippen LogP contribution in [0.1, 0.15) is 0 Å². The number of rotatable bonds is 5. The molecule has 0 spiro atoms. The smallest absolute Gasteiger partial charge is 0.0562 e. The third kappa shape index (κ3) is 4.45. The molecule has 2 nitrogen and oxygen atoms in total. The first-order valence-electron chi connectivity index (χ1n) is 15.4. The topological polar surface area (TPSA) is 8.17 Å². The van der Waals surface area contributed by atoms with Gasteiger partial charge >= 0.3 is 0 Å². The van der Waals surface area contributed by atoms with Gasteiger partial charge in [-0.25, -0.2) is 0 Å². The number of hydrogen-bond acceptors (Lipinski definition) is 2. The summed E-state index contributed by atoms with van der Waals surface area (Å²) in [7, 11) is 0. The van der Waals surface area contributed by atoms with E-state index >= 15 is 0 Å². The fourth-order valence-electron chi connectivity index (χ4n) is 6.76. The maximum absolute atomic E-state index is 3.63. The Labute approximate surface area is 279 Å². The molecule has 0 aliphatic heterocycles. The molecule has 0 saturated heterocycles. The fraction of sp³-hybridized carbons (Fsp3) is 0. The van der Waals surface area contributed by atoms with E-state index in [4.69, 9.17) is 0 Å². The van der Waals surface area contributed by atoms with Gasteiger partial charge < -0.3 is 9.47 Å². The maximum atomic E-state index is 3.63. The summed E-state index contributed by atoms with van der Waals surface area (Å²) in [6, 6.07) is 59.0. The molecule has 0 unspecified atom stereocenters. The SMILES string of the molecule is Brc1cccc(-c2ccc(N(c3ccccc3)c3ccc4c5c6sc7ccccc7c6ccc5n(-c5ccccc5)c4c3)cc2)c1. The standard InChI is InChI=1S/C42H27BrN2S/c43-30-11-9-10-29(26-30)28-18-20-33(21-19-28)44(31-12-3-1-4-13-31)34-22-23-37-39(27-34)45(32-14-5-2-6-15-32)38-25-24-36-35-16-7-8-17-40(35)46-42(36)41(37)38/h1-27H. The Kier molecular flexibility index (Phi) is 6.51. The number of thiophene rings is 1. The van der Waals surface area contributed by atoms with Crippen molar-refractivity contribution in [1.29, 1.82) is 0 Å². The minimum absolute atomic E-state index is 1.08. The van der Waals surface area contributed by atoms with Crippen LogP contribution in [0.4, 0.5) is 17.1 Å². The number of hydrogen-bond donors (Lipinski definition) is 0. The molecule has 0 bridgehead atoms. The average Bonchev–Trinajstić information content (AvgIpc) is 3.65. The minimum atomic E-state index is 1.08. The van der Waals surface area contributed by atoms with Crippen LogP contribution in [0.25, 0.3) is 58.8 Å². The van der Waals surface area contributed by atoms with Crippen molar-refractivity contribution in [1.82, 2.24) is 4.57 Å². The fourth-order valence-corrected chi connectivity index (χ4v) is 8.42. The second-order valence-corrected chi connectivity index (χ2v) is 13.5. The summed E-state index contributed by atoms with van der Waals surface area (Å²) >= 11 is 5.52. The highest BCUT2D eigenvalue weighted by Gasteiger charge is 2.20. The molecule has 0 radical (unpaired) electrons. The Balaban J connectivity index is 1.29. The third-order valence-electron chi connectivity index (χ3n) is 8.83. The molecule has 0 atom stereocenters. The summed E-state index contributed by atoms with van der Waals surface area (Å²) in [6.07, 6.45) is 0. The Morgan fingerprint density at radius 1 is 0.478 bits per heavy atom. The zero-order valence-corrected chi connectivity index (χ0v) is 27.2. The summed E-state index contributed by atoms with van der Waals surface area (Å²) < 4.78 is 6.17. The zero-order chi connectivity index (χ0) is 30.6. The normalized spacial score (nSPS) is 11.6. The lowest BCUT2D eigenvalue weighted by molar-refractivity contribution is 1.18. The molecule has 9 aromatic rings. The van der Waals surface area contributed by atoms with Gasteiger partial charge in [-0.1, -0.05) is 107 Å². The molecule has 46 heavy (non-hydrogen) atoms. The number of nitrogens with zero attached hydrogens (tertiary/aromatic N) is 2. The van der Waals surface area contributed by atoms with Gasteiger partial charge in [-0.2, -0.15) is 0 Å². The van der Waals surface area contributed by atoms with E-state index in [0.717, 1.165) is 27.2 Å². The number of para-hydroxylation sites is 2. The molecule has 0 fully saturated rings. The van der Waals surface area contributed by atoms with Crippen molar-refractivity contribution >= 4 is 86.3 Å². The number of benzene rings is 7. The van der Waals surface area contributed by atoms with Gasteiger partial charge in [-0.15, -0.1) is 11.3 Å². The van der Waals surface area contributed by atoms with Crippen molar-refractivity contribution in [2.45, 2.75) is 0 Å². The molecule has 2 heterocycles. The molecule has 0 amide bonds. The Morgan fingerprint density at radius 2 is 1.17 bits per heavy atom. The van der Waals surface area contributed by atoms with Crippen molar-refractivity contribution in [2.24, 2.45) is 0 Å². The minimum Gasteiger partial charge on any atom is -0.310 e. The quantitative estimate of drug-likeness (QED) is 0.177. The molecule has 0 aliphatic carbocycles. The van der Waals surface area contributed by atoms with Crippen LogP contribution >= 0.6 is 27.3 Å². The van der Waals surface area contributed by atoms with Gasteiger partial charge in [-0.3, -0.25) is 0 Å². The lowest BCUT2D eigenvalue weighted by Crippen LogP contribution is -2.10. The molecule has 7 aromatic carbocycles. The number of anilines is 3. The molecular weight excluding hydrogens is 644 g/mol. The van der Waals surface area contributed by atoms with E-state index in [1.807, 2.05) is 11.3 Å². The number of fused-ring (bicyclic) bond motifs is 7. The van der Waals surface area contributed by atoms with Crippen molar-refractivity contribution < 1.29 is 0 Å². The number of halogens is 1. The second kappa shape index (κ2) is 11.0. The van der Waals surface area contributed by atoms with E-state index in [9.17, 15) is 0 Å². The lowest BCUT2D eigenvalue weighted by Gasteiger charge is -2.26. The summed E-state index contributed by atoms with van der Waals surface area (Å²) in [5.41, 5.74) is 9.28. The first kappa shape index (κ1) is 27.2.